The third kappa shape index (κ3) is 3.03. The third-order valence-electron chi connectivity index (χ3n) is 2.34. The van der Waals surface area contributed by atoms with Gasteiger partial charge in [-0.05, 0) is 17.7 Å². The first-order valence-electron chi connectivity index (χ1n) is 5.23. The number of nitrogens with one attached hydrogen (secondary N) is 1. The third-order valence-corrected chi connectivity index (χ3v) is 2.86. The van der Waals surface area contributed by atoms with E-state index < -0.39 is 0 Å². The summed E-state index contributed by atoms with van der Waals surface area (Å²) >= 11 is 11.7. The summed E-state index contributed by atoms with van der Waals surface area (Å²) in [5, 5.41) is 4.13. The Morgan fingerprint density at radius 2 is 1.89 bits per heavy atom. The van der Waals surface area contributed by atoms with Gasteiger partial charge in [0, 0.05) is 11.6 Å². The molecule has 0 saturated carbocycles. The van der Waals surface area contributed by atoms with Crippen LogP contribution in [-0.2, 0) is 6.54 Å². The molecule has 0 aliphatic heterocycles. The minimum Gasteiger partial charge on any atom is -0.490 e. The molecular weight excluding hydrogens is 273 g/mol. The Kier molecular flexibility index (Phi) is 4.23. The van der Waals surface area contributed by atoms with E-state index in [4.69, 9.17) is 27.9 Å². The van der Waals surface area contributed by atoms with Crippen molar-refractivity contribution in [3.63, 3.8) is 0 Å². The van der Waals surface area contributed by atoms with Gasteiger partial charge in [0.15, 0.2) is 16.7 Å². The predicted molar refractivity (Wildman–Crippen MR) is 72.4 cm³/mol. The van der Waals surface area contributed by atoms with Crippen molar-refractivity contribution in [3.8, 4) is 5.75 Å². The average Bonchev–Trinajstić information content (AvgIpc) is 2.38. The molecule has 2 aromatic rings. The fraction of sp³-hybridized carbons (Fsp3) is 0.167. The monoisotopic (exact) mass is 283 g/mol. The van der Waals surface area contributed by atoms with E-state index in [0.717, 1.165) is 5.56 Å². The van der Waals surface area contributed by atoms with Crippen molar-refractivity contribution in [2.24, 2.45) is 0 Å². The van der Waals surface area contributed by atoms with Crippen LogP contribution in [0.4, 0.5) is 5.82 Å². The Balaban J connectivity index is 2.10. The van der Waals surface area contributed by atoms with Crippen LogP contribution in [0, 0.1) is 0 Å². The molecule has 0 saturated heterocycles. The van der Waals surface area contributed by atoms with E-state index in [1.54, 1.807) is 0 Å². The van der Waals surface area contributed by atoms with E-state index in [1.165, 1.54) is 13.4 Å². The second-order valence-electron chi connectivity index (χ2n) is 3.53. The molecule has 0 aliphatic rings. The number of ether oxygens (including phenoxy) is 1. The van der Waals surface area contributed by atoms with Crippen molar-refractivity contribution in [2.45, 2.75) is 6.54 Å². The van der Waals surface area contributed by atoms with Crippen LogP contribution in [0.25, 0.3) is 0 Å². The molecule has 1 N–H and O–H groups in total. The Labute approximate surface area is 115 Å². The van der Waals surface area contributed by atoms with Gasteiger partial charge in [-0.3, -0.25) is 0 Å². The molecule has 1 aromatic heterocycles. The van der Waals surface area contributed by atoms with E-state index in [2.05, 4.69) is 15.3 Å². The predicted octanol–water partition coefficient (Wildman–Crippen LogP) is 3.40. The number of rotatable bonds is 4. The number of halogens is 2. The van der Waals surface area contributed by atoms with Gasteiger partial charge in [0.05, 0.1) is 7.11 Å². The lowest BCUT2D eigenvalue weighted by atomic mass is 10.2. The molecule has 4 nitrogen and oxygen atoms in total. The molecule has 94 valence electrons. The number of aromatic nitrogens is 2. The Morgan fingerprint density at radius 3 is 2.56 bits per heavy atom. The highest BCUT2D eigenvalue weighted by molar-refractivity contribution is 6.31. The maximum absolute atomic E-state index is 5.90. The number of hydrogen-bond donors (Lipinski definition) is 1. The van der Waals surface area contributed by atoms with E-state index in [9.17, 15) is 0 Å². The zero-order valence-electron chi connectivity index (χ0n) is 9.65. The van der Waals surface area contributed by atoms with Crippen LogP contribution in [0.5, 0.6) is 5.75 Å². The smallest absolute Gasteiger partial charge is 0.198 e. The number of nitrogens with zero attached hydrogens (tertiary/aromatic N) is 2. The fourth-order valence-electron chi connectivity index (χ4n) is 1.45. The SMILES string of the molecule is COc1c(Cl)ncnc1NCc1ccc(Cl)cc1. The van der Waals surface area contributed by atoms with Crippen LogP contribution in [0.2, 0.25) is 10.2 Å². The Morgan fingerprint density at radius 1 is 1.17 bits per heavy atom. The summed E-state index contributed by atoms with van der Waals surface area (Å²) in [4.78, 5) is 7.93. The molecule has 0 aliphatic carbocycles. The number of benzene rings is 1. The lowest BCUT2D eigenvalue weighted by molar-refractivity contribution is 0.413. The molecule has 1 aromatic carbocycles. The van der Waals surface area contributed by atoms with Crippen LogP contribution >= 0.6 is 23.2 Å². The molecule has 0 bridgehead atoms. The Hall–Kier alpha value is -1.52. The van der Waals surface area contributed by atoms with Gasteiger partial charge >= 0.3 is 0 Å². The fourth-order valence-corrected chi connectivity index (χ4v) is 1.78. The van der Waals surface area contributed by atoms with Gasteiger partial charge in [-0.2, -0.15) is 0 Å². The van der Waals surface area contributed by atoms with Gasteiger partial charge in [0.2, 0.25) is 0 Å². The molecule has 0 unspecified atom stereocenters. The van der Waals surface area contributed by atoms with Gasteiger partial charge in [-0.25, -0.2) is 9.97 Å². The number of methoxy groups -OCH3 is 1. The molecule has 0 atom stereocenters. The summed E-state index contributed by atoms with van der Waals surface area (Å²) in [5.74, 6) is 1.00. The van der Waals surface area contributed by atoms with Crippen molar-refractivity contribution in [1.82, 2.24) is 9.97 Å². The largest absolute Gasteiger partial charge is 0.490 e. The molecule has 18 heavy (non-hydrogen) atoms. The van der Waals surface area contributed by atoms with Crippen LogP contribution in [0.15, 0.2) is 30.6 Å². The molecule has 1 heterocycles. The second-order valence-corrected chi connectivity index (χ2v) is 4.32. The second kappa shape index (κ2) is 5.89. The van der Waals surface area contributed by atoms with E-state index >= 15 is 0 Å². The topological polar surface area (TPSA) is 47.0 Å². The lowest BCUT2D eigenvalue weighted by Gasteiger charge is -2.10. The van der Waals surface area contributed by atoms with Crippen LogP contribution in [0.1, 0.15) is 5.56 Å². The summed E-state index contributed by atoms with van der Waals surface area (Å²) in [6, 6.07) is 7.54. The van der Waals surface area contributed by atoms with Gasteiger partial charge in [-0.1, -0.05) is 35.3 Å². The molecule has 0 fully saturated rings. The van der Waals surface area contributed by atoms with Gasteiger partial charge < -0.3 is 10.1 Å². The van der Waals surface area contributed by atoms with Gasteiger partial charge in [0.1, 0.15) is 6.33 Å². The Bertz CT molecular complexity index is 531. The van der Waals surface area contributed by atoms with Crippen LogP contribution in [0.3, 0.4) is 0 Å². The first-order chi connectivity index (χ1) is 8.70. The minimum absolute atomic E-state index is 0.283. The molecule has 0 amide bonds. The minimum atomic E-state index is 0.283. The van der Waals surface area contributed by atoms with Crippen molar-refractivity contribution in [2.75, 3.05) is 12.4 Å². The standard InChI is InChI=1S/C12H11Cl2N3O/c1-18-10-11(14)16-7-17-12(10)15-6-8-2-4-9(13)5-3-8/h2-5,7H,6H2,1H3,(H,15,16,17). The zero-order valence-corrected chi connectivity index (χ0v) is 11.2. The zero-order chi connectivity index (χ0) is 13.0. The number of anilines is 1. The molecular formula is C12H11Cl2N3O. The van der Waals surface area contributed by atoms with Crippen molar-refractivity contribution >= 4 is 29.0 Å². The number of hydrogen-bond acceptors (Lipinski definition) is 4. The van der Waals surface area contributed by atoms with Crippen molar-refractivity contribution in [1.29, 1.82) is 0 Å². The van der Waals surface area contributed by atoms with E-state index in [1.807, 2.05) is 24.3 Å². The highest BCUT2D eigenvalue weighted by Crippen LogP contribution is 2.28. The maximum atomic E-state index is 5.90. The van der Waals surface area contributed by atoms with Gasteiger partial charge in [-0.15, -0.1) is 0 Å². The summed E-state index contributed by atoms with van der Waals surface area (Å²) in [6.07, 6.45) is 1.38. The highest BCUT2D eigenvalue weighted by Gasteiger charge is 2.09. The molecule has 6 heteroatoms. The summed E-state index contributed by atoms with van der Waals surface area (Å²) in [5.41, 5.74) is 1.08. The van der Waals surface area contributed by atoms with Crippen LogP contribution < -0.4 is 10.1 Å². The lowest BCUT2D eigenvalue weighted by Crippen LogP contribution is -2.04. The van der Waals surface area contributed by atoms with Crippen molar-refractivity contribution < 1.29 is 4.74 Å². The van der Waals surface area contributed by atoms with Crippen molar-refractivity contribution in [3.05, 3.63) is 46.3 Å². The van der Waals surface area contributed by atoms with E-state index in [0.29, 0.717) is 23.1 Å². The molecule has 0 spiro atoms. The van der Waals surface area contributed by atoms with Crippen LogP contribution in [-0.4, -0.2) is 17.1 Å². The maximum Gasteiger partial charge on any atom is 0.198 e. The average molecular weight is 284 g/mol. The first kappa shape index (κ1) is 12.9. The molecule has 0 radical (unpaired) electrons. The highest BCUT2D eigenvalue weighted by atomic mass is 35.5. The van der Waals surface area contributed by atoms with Gasteiger partial charge in [0.25, 0.3) is 0 Å². The quantitative estimate of drug-likeness (QED) is 0.874. The van der Waals surface area contributed by atoms with E-state index in [-0.39, 0.29) is 5.15 Å². The normalized spacial score (nSPS) is 10.2. The summed E-state index contributed by atoms with van der Waals surface area (Å²) < 4.78 is 5.14. The first-order valence-corrected chi connectivity index (χ1v) is 5.99. The molecule has 2 rings (SSSR count). The summed E-state index contributed by atoms with van der Waals surface area (Å²) in [7, 11) is 1.53. The summed E-state index contributed by atoms with van der Waals surface area (Å²) in [6.45, 7) is 0.598.